The molecule has 0 unspecified atom stereocenters. The van der Waals surface area contributed by atoms with Gasteiger partial charge in [-0.3, -0.25) is 14.5 Å². The summed E-state index contributed by atoms with van der Waals surface area (Å²) in [6, 6.07) is 13.8. The van der Waals surface area contributed by atoms with Crippen LogP contribution in [-0.2, 0) is 9.59 Å². The normalized spacial score (nSPS) is 16.4. The van der Waals surface area contributed by atoms with E-state index in [1.165, 1.54) is 17.0 Å². The van der Waals surface area contributed by atoms with Crippen LogP contribution in [0.4, 0.5) is 10.1 Å². The SMILES string of the molecule is CCOc1ccc([C@@H]2CCCN2CC(=O)N(CCC(N)=O)c2ccc(F)cc2)cc1. The smallest absolute Gasteiger partial charge is 0.241 e. The van der Waals surface area contributed by atoms with E-state index in [-0.39, 0.29) is 37.3 Å². The fourth-order valence-corrected chi connectivity index (χ4v) is 3.85. The van der Waals surface area contributed by atoms with E-state index >= 15 is 0 Å². The van der Waals surface area contributed by atoms with Crippen molar-refractivity contribution in [2.45, 2.75) is 32.2 Å². The maximum Gasteiger partial charge on any atom is 0.241 e. The van der Waals surface area contributed by atoms with Crippen molar-refractivity contribution in [1.29, 1.82) is 0 Å². The third kappa shape index (κ3) is 5.57. The molecule has 1 aliphatic heterocycles. The predicted octanol–water partition coefficient (Wildman–Crippen LogP) is 3.27. The summed E-state index contributed by atoms with van der Waals surface area (Å²) in [5.74, 6) is -0.170. The van der Waals surface area contributed by atoms with E-state index in [9.17, 15) is 14.0 Å². The van der Waals surface area contributed by atoms with Gasteiger partial charge < -0.3 is 15.4 Å². The highest BCUT2D eigenvalue weighted by Crippen LogP contribution is 2.33. The highest BCUT2D eigenvalue weighted by Gasteiger charge is 2.29. The molecule has 2 aromatic carbocycles. The van der Waals surface area contributed by atoms with Crippen LogP contribution >= 0.6 is 0 Å². The lowest BCUT2D eigenvalue weighted by molar-refractivity contribution is -0.120. The van der Waals surface area contributed by atoms with Gasteiger partial charge in [0.2, 0.25) is 11.8 Å². The van der Waals surface area contributed by atoms with Crippen LogP contribution in [0.5, 0.6) is 5.75 Å². The number of hydrogen-bond donors (Lipinski definition) is 1. The summed E-state index contributed by atoms with van der Waals surface area (Å²) in [4.78, 5) is 28.1. The van der Waals surface area contributed by atoms with Gasteiger partial charge in [-0.05, 0) is 68.3 Å². The number of ether oxygens (including phenoxy) is 1. The first-order chi connectivity index (χ1) is 14.5. The number of nitrogens with zero attached hydrogens (tertiary/aromatic N) is 2. The van der Waals surface area contributed by atoms with Crippen LogP contribution in [0, 0.1) is 5.82 Å². The second-order valence-corrected chi connectivity index (χ2v) is 7.37. The van der Waals surface area contributed by atoms with Crippen LogP contribution < -0.4 is 15.4 Å². The Kier molecular flexibility index (Phi) is 7.41. The monoisotopic (exact) mass is 413 g/mol. The van der Waals surface area contributed by atoms with Crippen LogP contribution in [-0.4, -0.2) is 43.0 Å². The number of halogens is 1. The Hall–Kier alpha value is -2.93. The van der Waals surface area contributed by atoms with Gasteiger partial charge in [0, 0.05) is 24.7 Å². The Morgan fingerprint density at radius 2 is 1.87 bits per heavy atom. The Labute approximate surface area is 176 Å². The van der Waals surface area contributed by atoms with Crippen molar-refractivity contribution >= 4 is 17.5 Å². The van der Waals surface area contributed by atoms with E-state index in [1.807, 2.05) is 31.2 Å². The van der Waals surface area contributed by atoms with Gasteiger partial charge in [-0.1, -0.05) is 12.1 Å². The second-order valence-electron chi connectivity index (χ2n) is 7.37. The van der Waals surface area contributed by atoms with Gasteiger partial charge in [-0.15, -0.1) is 0 Å². The molecule has 7 heteroatoms. The fraction of sp³-hybridized carbons (Fsp3) is 0.391. The van der Waals surface area contributed by atoms with Gasteiger partial charge in [0.15, 0.2) is 0 Å². The number of nitrogens with two attached hydrogens (primary N) is 1. The zero-order chi connectivity index (χ0) is 21.5. The number of hydrogen-bond acceptors (Lipinski definition) is 4. The van der Waals surface area contributed by atoms with Gasteiger partial charge >= 0.3 is 0 Å². The lowest BCUT2D eigenvalue weighted by Gasteiger charge is -2.29. The van der Waals surface area contributed by atoms with E-state index in [0.717, 1.165) is 30.7 Å². The van der Waals surface area contributed by atoms with Crippen molar-refractivity contribution in [2.24, 2.45) is 5.73 Å². The van der Waals surface area contributed by atoms with Crippen molar-refractivity contribution < 1.29 is 18.7 Å². The van der Waals surface area contributed by atoms with Gasteiger partial charge in [0.05, 0.1) is 13.2 Å². The standard InChI is InChI=1S/C23H28FN3O3/c1-2-30-20-11-5-17(6-12-20)21-4-3-14-26(21)16-23(29)27(15-13-22(25)28)19-9-7-18(24)8-10-19/h5-12,21H,2-4,13-16H2,1H3,(H2,25,28)/t21-/m0/s1. The molecule has 2 amide bonds. The molecule has 2 N–H and O–H groups in total. The van der Waals surface area contributed by atoms with E-state index in [1.54, 1.807) is 12.1 Å². The largest absolute Gasteiger partial charge is 0.494 e. The molecule has 0 aromatic heterocycles. The maximum atomic E-state index is 13.3. The summed E-state index contributed by atoms with van der Waals surface area (Å²) in [5.41, 5.74) is 6.98. The zero-order valence-corrected chi connectivity index (χ0v) is 17.2. The lowest BCUT2D eigenvalue weighted by atomic mass is 10.0. The third-order valence-electron chi connectivity index (χ3n) is 5.30. The number of benzene rings is 2. The number of rotatable bonds is 9. The molecule has 1 saturated heterocycles. The van der Waals surface area contributed by atoms with E-state index < -0.39 is 5.91 Å². The van der Waals surface area contributed by atoms with Gasteiger partial charge in [0.1, 0.15) is 11.6 Å². The minimum Gasteiger partial charge on any atom is -0.494 e. The molecule has 3 rings (SSSR count). The number of primary amides is 1. The number of anilines is 1. The molecule has 0 aliphatic carbocycles. The van der Waals surface area contributed by atoms with Crippen molar-refractivity contribution in [2.75, 3.05) is 31.1 Å². The Bertz CT molecular complexity index is 855. The number of likely N-dealkylation sites (tertiary alicyclic amines) is 1. The van der Waals surface area contributed by atoms with Gasteiger partial charge in [0.25, 0.3) is 0 Å². The highest BCUT2D eigenvalue weighted by atomic mass is 19.1. The summed E-state index contributed by atoms with van der Waals surface area (Å²) in [6.07, 6.45) is 2.02. The first-order valence-corrected chi connectivity index (χ1v) is 10.3. The summed E-state index contributed by atoms with van der Waals surface area (Å²) in [5, 5.41) is 0. The topological polar surface area (TPSA) is 75.9 Å². The van der Waals surface area contributed by atoms with E-state index in [2.05, 4.69) is 4.90 Å². The molecule has 1 atom stereocenters. The fourth-order valence-electron chi connectivity index (χ4n) is 3.85. The van der Waals surface area contributed by atoms with Crippen LogP contribution in [0.3, 0.4) is 0 Å². The molecule has 1 heterocycles. The number of carbonyl (C=O) groups is 2. The molecular weight excluding hydrogens is 385 g/mol. The summed E-state index contributed by atoms with van der Waals surface area (Å²) in [6.45, 7) is 3.77. The van der Waals surface area contributed by atoms with Gasteiger partial charge in [-0.25, -0.2) is 4.39 Å². The van der Waals surface area contributed by atoms with E-state index in [0.29, 0.717) is 12.3 Å². The maximum absolute atomic E-state index is 13.3. The Morgan fingerprint density at radius 1 is 1.17 bits per heavy atom. The van der Waals surface area contributed by atoms with Crippen LogP contribution in [0.2, 0.25) is 0 Å². The average molecular weight is 413 g/mol. The average Bonchev–Trinajstić information content (AvgIpc) is 3.18. The molecule has 1 fully saturated rings. The van der Waals surface area contributed by atoms with Crippen molar-refractivity contribution in [3.63, 3.8) is 0 Å². The molecule has 0 radical (unpaired) electrons. The molecule has 0 bridgehead atoms. The van der Waals surface area contributed by atoms with E-state index in [4.69, 9.17) is 10.5 Å². The Morgan fingerprint density at radius 3 is 2.50 bits per heavy atom. The molecule has 6 nitrogen and oxygen atoms in total. The predicted molar refractivity (Wildman–Crippen MR) is 114 cm³/mol. The molecule has 0 spiro atoms. The number of carbonyl (C=O) groups excluding carboxylic acids is 2. The molecule has 30 heavy (non-hydrogen) atoms. The summed E-state index contributed by atoms with van der Waals surface area (Å²) < 4.78 is 18.8. The van der Waals surface area contributed by atoms with Crippen LogP contribution in [0.15, 0.2) is 48.5 Å². The lowest BCUT2D eigenvalue weighted by Crippen LogP contribution is -2.41. The Balaban J connectivity index is 1.72. The molecule has 160 valence electrons. The minimum absolute atomic E-state index is 0.0471. The summed E-state index contributed by atoms with van der Waals surface area (Å²) >= 11 is 0. The molecular formula is C23H28FN3O3. The highest BCUT2D eigenvalue weighted by molar-refractivity contribution is 5.95. The molecule has 1 aliphatic rings. The zero-order valence-electron chi connectivity index (χ0n) is 17.2. The minimum atomic E-state index is -0.483. The van der Waals surface area contributed by atoms with Gasteiger partial charge in [-0.2, -0.15) is 0 Å². The van der Waals surface area contributed by atoms with Crippen molar-refractivity contribution in [3.8, 4) is 5.75 Å². The first-order valence-electron chi connectivity index (χ1n) is 10.3. The third-order valence-corrected chi connectivity index (χ3v) is 5.30. The van der Waals surface area contributed by atoms with Crippen LogP contribution in [0.25, 0.3) is 0 Å². The molecule has 2 aromatic rings. The number of amides is 2. The first kappa shape index (κ1) is 21.8. The summed E-state index contributed by atoms with van der Waals surface area (Å²) in [7, 11) is 0. The van der Waals surface area contributed by atoms with Crippen LogP contribution in [0.1, 0.15) is 37.8 Å². The van der Waals surface area contributed by atoms with Crippen molar-refractivity contribution in [1.82, 2.24) is 4.90 Å². The second kappa shape index (κ2) is 10.2. The quantitative estimate of drug-likeness (QED) is 0.685. The molecule has 0 saturated carbocycles. The van der Waals surface area contributed by atoms with Crippen molar-refractivity contribution in [3.05, 3.63) is 59.9 Å².